The van der Waals surface area contributed by atoms with Gasteiger partial charge in [0.1, 0.15) is 12.4 Å². The molecule has 6 rings (SSSR count). The lowest BCUT2D eigenvalue weighted by molar-refractivity contribution is -0.268. The van der Waals surface area contributed by atoms with E-state index in [1.807, 2.05) is 72.8 Å². The van der Waals surface area contributed by atoms with Crippen molar-refractivity contribution in [3.63, 3.8) is 0 Å². The molecule has 3 N–H and O–H groups in total. The van der Waals surface area contributed by atoms with Crippen molar-refractivity contribution >= 4 is 23.6 Å². The number of hydrogen-bond donors (Lipinski definition) is 3. The van der Waals surface area contributed by atoms with E-state index in [-0.39, 0.29) is 44.2 Å². The summed E-state index contributed by atoms with van der Waals surface area (Å²) in [7, 11) is 0. The summed E-state index contributed by atoms with van der Waals surface area (Å²) in [6.07, 6.45) is -4.21. The van der Waals surface area contributed by atoms with E-state index in [1.54, 1.807) is 0 Å². The van der Waals surface area contributed by atoms with Gasteiger partial charge in [-0.25, -0.2) is 4.98 Å². The Morgan fingerprint density at radius 1 is 1.04 bits per heavy atom. The number of ether oxygens (including phenoxy) is 2. The lowest BCUT2D eigenvalue weighted by Gasteiger charge is -2.41. The van der Waals surface area contributed by atoms with E-state index in [2.05, 4.69) is 27.4 Å². The number of aliphatic hydroxyl groups excluding tert-OH is 1. The molecule has 14 heteroatoms. The summed E-state index contributed by atoms with van der Waals surface area (Å²) in [5.74, 6) is -1.99. The van der Waals surface area contributed by atoms with E-state index >= 15 is 0 Å². The number of nitrogens with zero attached hydrogens (tertiary/aromatic N) is 3. The van der Waals surface area contributed by atoms with Crippen molar-refractivity contribution in [1.82, 2.24) is 25.4 Å². The Morgan fingerprint density at radius 3 is 2.47 bits per heavy atom. The number of H-pyrrole nitrogens is 1. The van der Waals surface area contributed by atoms with E-state index in [9.17, 15) is 27.9 Å². The van der Waals surface area contributed by atoms with E-state index in [0.29, 0.717) is 22.2 Å². The summed E-state index contributed by atoms with van der Waals surface area (Å²) in [5.41, 5.74) is 5.06. The molecule has 0 spiro atoms. The number of alkyl halides is 3. The van der Waals surface area contributed by atoms with E-state index in [4.69, 9.17) is 9.47 Å². The maximum Gasteiger partial charge on any atom is 0.471 e. The fourth-order valence-electron chi connectivity index (χ4n) is 6.26. The van der Waals surface area contributed by atoms with Gasteiger partial charge < -0.3 is 24.8 Å². The number of carbonyl (C=O) groups excluding carboxylic acids is 2. The lowest BCUT2D eigenvalue weighted by atomic mass is 9.91. The standard InChI is InChI=1S/C35H36F3N5O5S/c1-21-29(19-49-34-40-20-41-42-34)47-32(48-30(21)24-10-8-22(18-44)9-11-24)25-14-12-23(13-15-25)27-6-3-2-5-26(27)17-39-31(45)28-7-4-16-43(28)33(46)35(36,37)38/h2-3,5-6,8-15,20-21,28-30,32,44H,4,7,16-19H2,1H3,(H,39,45)(H,40,41,42)/t21-,28-,29+,30+,32+/m0/s1. The number of carbonyl (C=O) groups is 2. The summed E-state index contributed by atoms with van der Waals surface area (Å²) < 4.78 is 52.3. The Morgan fingerprint density at radius 2 is 1.78 bits per heavy atom. The molecule has 0 saturated carbocycles. The molecular weight excluding hydrogens is 659 g/mol. The number of aromatic nitrogens is 3. The number of amides is 2. The lowest BCUT2D eigenvalue weighted by Crippen LogP contribution is -2.50. The molecule has 2 aliphatic heterocycles. The van der Waals surface area contributed by atoms with Crippen LogP contribution in [0.15, 0.2) is 84.3 Å². The van der Waals surface area contributed by atoms with Crippen molar-refractivity contribution in [1.29, 1.82) is 0 Å². The Balaban J connectivity index is 1.17. The molecule has 2 fully saturated rings. The molecule has 0 unspecified atom stereocenters. The predicted molar refractivity (Wildman–Crippen MR) is 175 cm³/mol. The second-order valence-corrected chi connectivity index (χ2v) is 13.1. The van der Waals surface area contributed by atoms with Crippen LogP contribution >= 0.6 is 11.8 Å². The third-order valence-electron chi connectivity index (χ3n) is 8.92. The van der Waals surface area contributed by atoms with Gasteiger partial charge >= 0.3 is 12.1 Å². The molecule has 4 aromatic rings. The number of benzene rings is 3. The van der Waals surface area contributed by atoms with Crippen molar-refractivity contribution in [3.8, 4) is 11.1 Å². The number of aliphatic hydroxyl groups is 1. The maximum atomic E-state index is 13.1. The zero-order valence-corrected chi connectivity index (χ0v) is 27.4. The number of rotatable bonds is 10. The van der Waals surface area contributed by atoms with Gasteiger partial charge in [0.05, 0.1) is 18.8 Å². The average molecular weight is 696 g/mol. The summed E-state index contributed by atoms with van der Waals surface area (Å²) in [5, 5.41) is 19.8. The minimum atomic E-state index is -5.03. The first-order valence-corrected chi connectivity index (χ1v) is 16.9. The molecule has 1 aromatic heterocycles. The van der Waals surface area contributed by atoms with Crippen LogP contribution in [0, 0.1) is 5.92 Å². The van der Waals surface area contributed by atoms with Gasteiger partial charge in [-0.2, -0.15) is 18.3 Å². The zero-order valence-electron chi connectivity index (χ0n) is 26.6. The summed E-state index contributed by atoms with van der Waals surface area (Å²) >= 11 is 1.51. The van der Waals surface area contributed by atoms with E-state index in [1.165, 1.54) is 18.1 Å². The monoisotopic (exact) mass is 695 g/mol. The summed E-state index contributed by atoms with van der Waals surface area (Å²) in [4.78, 5) is 29.6. The Kier molecular flexibility index (Phi) is 10.7. The van der Waals surface area contributed by atoms with Crippen LogP contribution in [0.1, 0.15) is 54.4 Å². The minimum Gasteiger partial charge on any atom is -0.392 e. The van der Waals surface area contributed by atoms with E-state index in [0.717, 1.165) is 33.4 Å². The van der Waals surface area contributed by atoms with Crippen molar-refractivity contribution in [3.05, 3.63) is 101 Å². The number of nitrogens with one attached hydrogen (secondary N) is 2. The molecule has 5 atom stereocenters. The molecule has 49 heavy (non-hydrogen) atoms. The average Bonchev–Trinajstić information content (AvgIpc) is 3.83. The van der Waals surface area contributed by atoms with Crippen LogP contribution in [0.5, 0.6) is 0 Å². The molecule has 3 heterocycles. The third-order valence-corrected chi connectivity index (χ3v) is 9.89. The molecule has 3 aromatic carbocycles. The third kappa shape index (κ3) is 7.99. The van der Waals surface area contributed by atoms with Crippen LogP contribution in [0.25, 0.3) is 11.1 Å². The summed E-state index contributed by atoms with van der Waals surface area (Å²) in [6.45, 7) is 2.01. The predicted octanol–water partition coefficient (Wildman–Crippen LogP) is 5.72. The molecular formula is C35H36F3N5O5S. The highest BCUT2D eigenvalue weighted by Crippen LogP contribution is 2.43. The Hall–Kier alpha value is -4.24. The minimum absolute atomic E-state index is 0.00379. The molecule has 2 aliphatic rings. The fraction of sp³-hybridized carbons (Fsp3) is 0.371. The van der Waals surface area contributed by atoms with Gasteiger partial charge in [-0.3, -0.25) is 14.7 Å². The van der Waals surface area contributed by atoms with Gasteiger partial charge in [-0.15, -0.1) is 0 Å². The quantitative estimate of drug-likeness (QED) is 0.180. The fourth-order valence-corrected chi connectivity index (χ4v) is 7.20. The van der Waals surface area contributed by atoms with Crippen molar-refractivity contribution in [2.75, 3.05) is 12.3 Å². The van der Waals surface area contributed by atoms with Gasteiger partial charge in [0, 0.05) is 30.3 Å². The first-order chi connectivity index (χ1) is 23.6. The normalized spacial score (nSPS) is 22.6. The van der Waals surface area contributed by atoms with Crippen LogP contribution < -0.4 is 5.32 Å². The van der Waals surface area contributed by atoms with Crippen molar-refractivity contribution in [2.45, 2.75) is 68.8 Å². The highest BCUT2D eigenvalue weighted by atomic mass is 32.2. The van der Waals surface area contributed by atoms with Crippen LogP contribution in [-0.4, -0.2) is 67.6 Å². The second kappa shape index (κ2) is 15.1. The molecule has 2 amide bonds. The van der Waals surface area contributed by atoms with Crippen LogP contribution in [0.3, 0.4) is 0 Å². The highest BCUT2D eigenvalue weighted by Gasteiger charge is 2.47. The maximum absolute atomic E-state index is 13.1. The number of likely N-dealkylation sites (tertiary alicyclic amines) is 1. The van der Waals surface area contributed by atoms with Gasteiger partial charge in [0.15, 0.2) is 11.4 Å². The molecule has 258 valence electrons. The second-order valence-electron chi connectivity index (χ2n) is 12.1. The van der Waals surface area contributed by atoms with Gasteiger partial charge in [0.25, 0.3) is 0 Å². The SMILES string of the molecule is C[C@H]1[C@@H](CSc2ncn[nH]2)O[C@@H](c2ccc(-c3ccccc3CNC(=O)[C@@H]3CCCN3C(=O)C(F)(F)F)cc2)O[C@H]1c1ccc(CO)cc1. The van der Waals surface area contributed by atoms with Gasteiger partial charge in [-0.1, -0.05) is 91.5 Å². The number of hydrogen-bond acceptors (Lipinski definition) is 8. The van der Waals surface area contributed by atoms with Crippen molar-refractivity contribution in [2.24, 2.45) is 5.92 Å². The molecule has 0 radical (unpaired) electrons. The van der Waals surface area contributed by atoms with Crippen LogP contribution in [-0.2, 0) is 32.2 Å². The Bertz CT molecular complexity index is 1720. The smallest absolute Gasteiger partial charge is 0.392 e. The zero-order chi connectivity index (χ0) is 34.5. The van der Waals surface area contributed by atoms with Crippen LogP contribution in [0.2, 0.25) is 0 Å². The largest absolute Gasteiger partial charge is 0.471 e. The highest BCUT2D eigenvalue weighted by molar-refractivity contribution is 7.99. The molecule has 2 saturated heterocycles. The van der Waals surface area contributed by atoms with E-state index < -0.39 is 30.3 Å². The van der Waals surface area contributed by atoms with Gasteiger partial charge in [-0.05, 0) is 40.7 Å². The molecule has 10 nitrogen and oxygen atoms in total. The first kappa shape index (κ1) is 34.6. The van der Waals surface area contributed by atoms with Crippen molar-refractivity contribution < 1.29 is 37.3 Å². The Labute approximate surface area is 285 Å². The topological polar surface area (TPSA) is 130 Å². The summed E-state index contributed by atoms with van der Waals surface area (Å²) in [6, 6.07) is 21.7. The first-order valence-electron chi connectivity index (χ1n) is 15.9. The molecule has 0 aliphatic carbocycles. The van der Waals surface area contributed by atoms with Gasteiger partial charge in [0.2, 0.25) is 5.91 Å². The number of halogens is 3. The van der Waals surface area contributed by atoms with Crippen LogP contribution in [0.4, 0.5) is 13.2 Å². The number of thioether (sulfide) groups is 1. The number of aromatic amines is 1. The molecule has 0 bridgehead atoms.